The monoisotopic (exact) mass is 478 g/mol. The second-order valence-electron chi connectivity index (χ2n) is 10.5. The Bertz CT molecular complexity index is 1040. The van der Waals surface area contributed by atoms with Crippen LogP contribution in [0, 0.1) is 12.8 Å². The van der Waals surface area contributed by atoms with Crippen LogP contribution in [-0.2, 0) is 9.53 Å². The van der Waals surface area contributed by atoms with Gasteiger partial charge in [-0.05, 0) is 62.9 Å². The maximum absolute atomic E-state index is 13.3. The Kier molecular flexibility index (Phi) is 7.50. The molecule has 2 aliphatic rings. The number of amides is 2. The van der Waals surface area contributed by atoms with Gasteiger partial charge in [-0.3, -0.25) is 9.59 Å². The van der Waals surface area contributed by atoms with E-state index in [9.17, 15) is 9.59 Å². The summed E-state index contributed by atoms with van der Waals surface area (Å²) in [5, 5.41) is 0. The Morgan fingerprint density at radius 1 is 1.00 bits per heavy atom. The topological polar surface area (TPSA) is 59.1 Å². The molecule has 2 fully saturated rings. The van der Waals surface area contributed by atoms with Gasteiger partial charge in [-0.15, -0.1) is 0 Å². The van der Waals surface area contributed by atoms with Crippen LogP contribution in [0.5, 0.6) is 5.75 Å². The van der Waals surface area contributed by atoms with E-state index in [4.69, 9.17) is 9.47 Å². The fourth-order valence-corrected chi connectivity index (χ4v) is 5.11. The van der Waals surface area contributed by atoms with Crippen LogP contribution < -0.4 is 4.74 Å². The van der Waals surface area contributed by atoms with Crippen molar-refractivity contribution in [1.82, 2.24) is 9.80 Å². The Morgan fingerprint density at radius 3 is 2.29 bits per heavy atom. The van der Waals surface area contributed by atoms with E-state index in [1.165, 1.54) is 0 Å². The van der Waals surface area contributed by atoms with Gasteiger partial charge in [-0.25, -0.2) is 0 Å². The molecule has 2 saturated heterocycles. The van der Waals surface area contributed by atoms with E-state index in [-0.39, 0.29) is 29.9 Å². The van der Waals surface area contributed by atoms with Crippen LogP contribution in [0.2, 0.25) is 0 Å². The highest BCUT2D eigenvalue weighted by molar-refractivity contribution is 5.94. The summed E-state index contributed by atoms with van der Waals surface area (Å²) < 4.78 is 12.5. The summed E-state index contributed by atoms with van der Waals surface area (Å²) in [6.45, 7) is 12.2. The summed E-state index contributed by atoms with van der Waals surface area (Å²) in [6, 6.07) is 15.8. The fourth-order valence-electron chi connectivity index (χ4n) is 5.11. The SMILES string of the molecule is Cc1cc(C(=O)N2CCC3(CC2)CN(C(=O)C(C)C)CC(c2ccccc2)O3)ccc1OC(C)C. The number of ether oxygens (including phenoxy) is 2. The van der Waals surface area contributed by atoms with E-state index in [1.807, 2.05) is 80.8 Å². The van der Waals surface area contributed by atoms with Crippen molar-refractivity contribution in [2.75, 3.05) is 26.2 Å². The first-order chi connectivity index (χ1) is 16.7. The minimum atomic E-state index is -0.440. The lowest BCUT2D eigenvalue weighted by Gasteiger charge is -2.50. The van der Waals surface area contributed by atoms with E-state index >= 15 is 0 Å². The molecule has 4 rings (SSSR count). The number of nitrogens with zero attached hydrogens (tertiary/aromatic N) is 2. The van der Waals surface area contributed by atoms with E-state index in [0.717, 1.165) is 16.9 Å². The lowest BCUT2D eigenvalue weighted by Crippen LogP contribution is -2.59. The van der Waals surface area contributed by atoms with E-state index in [0.29, 0.717) is 44.6 Å². The van der Waals surface area contributed by atoms with Crippen LogP contribution in [-0.4, -0.2) is 59.5 Å². The van der Waals surface area contributed by atoms with E-state index < -0.39 is 5.60 Å². The van der Waals surface area contributed by atoms with Gasteiger partial charge in [0.25, 0.3) is 5.91 Å². The lowest BCUT2D eigenvalue weighted by molar-refractivity contribution is -0.185. The predicted molar refractivity (Wildman–Crippen MR) is 136 cm³/mol. The summed E-state index contributed by atoms with van der Waals surface area (Å²) in [5.41, 5.74) is 2.29. The number of hydrogen-bond donors (Lipinski definition) is 0. The molecule has 6 nitrogen and oxygen atoms in total. The molecule has 2 aromatic rings. The Hall–Kier alpha value is -2.86. The number of morpholine rings is 1. The van der Waals surface area contributed by atoms with Crippen molar-refractivity contribution < 1.29 is 19.1 Å². The first-order valence-electron chi connectivity index (χ1n) is 12.8. The summed E-state index contributed by atoms with van der Waals surface area (Å²) in [4.78, 5) is 30.1. The Balaban J connectivity index is 1.48. The van der Waals surface area contributed by atoms with Crippen LogP contribution in [0.15, 0.2) is 48.5 Å². The summed E-state index contributed by atoms with van der Waals surface area (Å²) in [6.07, 6.45) is 1.34. The summed E-state index contributed by atoms with van der Waals surface area (Å²) >= 11 is 0. The van der Waals surface area contributed by atoms with E-state index in [2.05, 4.69) is 12.1 Å². The number of carbonyl (C=O) groups is 2. The number of piperidine rings is 1. The molecule has 0 N–H and O–H groups in total. The standard InChI is InChI=1S/C29H38N2O4/c1-20(2)27(32)31-18-26(23-9-7-6-8-10-23)35-29(19-31)13-15-30(16-14-29)28(33)24-11-12-25(22(5)17-24)34-21(3)4/h6-12,17,20-21,26H,13-16,18-19H2,1-5H3. The number of likely N-dealkylation sites (tertiary alicyclic amines) is 1. The molecule has 2 aliphatic heterocycles. The average molecular weight is 479 g/mol. The van der Waals surface area contributed by atoms with Gasteiger partial charge < -0.3 is 19.3 Å². The van der Waals surface area contributed by atoms with Crippen LogP contribution in [0.4, 0.5) is 0 Å². The van der Waals surface area contributed by atoms with Gasteiger partial charge in [-0.1, -0.05) is 44.2 Å². The number of rotatable bonds is 5. The highest BCUT2D eigenvalue weighted by Gasteiger charge is 2.45. The molecule has 35 heavy (non-hydrogen) atoms. The molecule has 2 aromatic carbocycles. The second kappa shape index (κ2) is 10.4. The minimum Gasteiger partial charge on any atom is -0.491 e. The zero-order valence-electron chi connectivity index (χ0n) is 21.6. The third-order valence-electron chi connectivity index (χ3n) is 6.98. The molecule has 1 spiro atoms. The van der Waals surface area contributed by atoms with E-state index in [1.54, 1.807) is 0 Å². The number of hydrogen-bond acceptors (Lipinski definition) is 4. The molecule has 0 aliphatic carbocycles. The summed E-state index contributed by atoms with van der Waals surface area (Å²) in [7, 11) is 0. The van der Waals surface area contributed by atoms with Gasteiger partial charge >= 0.3 is 0 Å². The van der Waals surface area contributed by atoms with Crippen molar-refractivity contribution in [1.29, 1.82) is 0 Å². The summed E-state index contributed by atoms with van der Waals surface area (Å²) in [5.74, 6) is 0.941. The molecule has 2 heterocycles. The zero-order chi connectivity index (χ0) is 25.2. The van der Waals surface area contributed by atoms with Crippen molar-refractivity contribution in [2.24, 2.45) is 5.92 Å². The third-order valence-corrected chi connectivity index (χ3v) is 6.98. The van der Waals surface area contributed by atoms with Gasteiger partial charge in [0.15, 0.2) is 0 Å². The normalized spacial score (nSPS) is 19.9. The van der Waals surface area contributed by atoms with Gasteiger partial charge in [0, 0.05) is 31.1 Å². The van der Waals surface area contributed by atoms with Crippen LogP contribution in [0.3, 0.4) is 0 Å². The van der Waals surface area contributed by atoms with Crippen molar-refractivity contribution >= 4 is 11.8 Å². The van der Waals surface area contributed by atoms with Gasteiger partial charge in [0.05, 0.1) is 18.2 Å². The molecule has 1 atom stereocenters. The lowest BCUT2D eigenvalue weighted by atomic mass is 9.87. The Labute approximate surface area is 209 Å². The highest BCUT2D eigenvalue weighted by Crippen LogP contribution is 2.38. The average Bonchev–Trinajstić information content (AvgIpc) is 2.85. The largest absolute Gasteiger partial charge is 0.491 e. The van der Waals surface area contributed by atoms with Gasteiger partial charge in [0.1, 0.15) is 11.9 Å². The number of carbonyl (C=O) groups excluding carboxylic acids is 2. The number of aryl methyl sites for hydroxylation is 1. The Morgan fingerprint density at radius 2 is 1.69 bits per heavy atom. The third kappa shape index (κ3) is 5.69. The minimum absolute atomic E-state index is 0.0320. The molecule has 6 heteroatoms. The molecule has 0 bridgehead atoms. The quantitative estimate of drug-likeness (QED) is 0.606. The molecular formula is C29H38N2O4. The maximum atomic E-state index is 13.3. The van der Waals surface area contributed by atoms with Crippen LogP contribution >= 0.6 is 0 Å². The zero-order valence-corrected chi connectivity index (χ0v) is 21.6. The molecule has 0 saturated carbocycles. The van der Waals surface area contributed by atoms with Crippen molar-refractivity contribution in [3.05, 3.63) is 65.2 Å². The first-order valence-corrected chi connectivity index (χ1v) is 12.8. The van der Waals surface area contributed by atoms with Gasteiger partial charge in [0.2, 0.25) is 5.91 Å². The van der Waals surface area contributed by atoms with Crippen LogP contribution in [0.25, 0.3) is 0 Å². The molecule has 1 unspecified atom stereocenters. The molecule has 0 aromatic heterocycles. The van der Waals surface area contributed by atoms with Crippen molar-refractivity contribution in [3.63, 3.8) is 0 Å². The maximum Gasteiger partial charge on any atom is 0.253 e. The van der Waals surface area contributed by atoms with Crippen LogP contribution in [0.1, 0.15) is 68.1 Å². The first kappa shape index (κ1) is 25.2. The fraction of sp³-hybridized carbons (Fsp3) is 0.517. The smallest absolute Gasteiger partial charge is 0.253 e. The van der Waals surface area contributed by atoms with Gasteiger partial charge in [-0.2, -0.15) is 0 Å². The second-order valence-corrected chi connectivity index (χ2v) is 10.5. The highest BCUT2D eigenvalue weighted by atomic mass is 16.5. The van der Waals surface area contributed by atoms with Crippen molar-refractivity contribution in [3.8, 4) is 5.75 Å². The molecule has 0 radical (unpaired) electrons. The van der Waals surface area contributed by atoms with Crippen molar-refractivity contribution in [2.45, 2.75) is 65.3 Å². The number of benzene rings is 2. The molecular weight excluding hydrogens is 440 g/mol. The molecule has 2 amide bonds. The molecule has 188 valence electrons. The predicted octanol–water partition coefficient (Wildman–Crippen LogP) is 5.01.